The highest BCUT2D eigenvalue weighted by atomic mass is 19.1. The number of piperazine rings is 1. The lowest BCUT2D eigenvalue weighted by atomic mass is 10.0. The highest BCUT2D eigenvalue weighted by Gasteiger charge is 2.23. The second kappa shape index (κ2) is 8.59. The van der Waals surface area contributed by atoms with Crippen molar-refractivity contribution in [3.63, 3.8) is 0 Å². The van der Waals surface area contributed by atoms with Gasteiger partial charge in [0.2, 0.25) is 0 Å². The van der Waals surface area contributed by atoms with Gasteiger partial charge in [0.25, 0.3) is 11.5 Å². The van der Waals surface area contributed by atoms with Crippen LogP contribution in [0.5, 0.6) is 0 Å². The van der Waals surface area contributed by atoms with Crippen molar-refractivity contribution >= 4 is 22.5 Å². The summed E-state index contributed by atoms with van der Waals surface area (Å²) >= 11 is 0. The zero-order valence-electron chi connectivity index (χ0n) is 19.0. The normalized spacial score (nSPS) is 16.3. The van der Waals surface area contributed by atoms with Crippen LogP contribution in [0, 0.1) is 12.7 Å². The first-order valence-corrected chi connectivity index (χ1v) is 11.5. The number of halogens is 1. The van der Waals surface area contributed by atoms with Gasteiger partial charge in [0.15, 0.2) is 0 Å². The number of hydrogen-bond donors (Lipinski definition) is 2. The average Bonchev–Trinajstić information content (AvgIpc) is 3.29. The molecule has 3 aromatic rings. The molecule has 1 aliphatic heterocycles. The van der Waals surface area contributed by atoms with Crippen LogP contribution in [0.15, 0.2) is 29.1 Å². The van der Waals surface area contributed by atoms with Gasteiger partial charge in [-0.1, -0.05) is 0 Å². The molecule has 2 aliphatic rings. The molecule has 0 spiro atoms. The summed E-state index contributed by atoms with van der Waals surface area (Å²) in [7, 11) is 1.60. The minimum Gasteiger partial charge on any atom is -0.368 e. The second-order valence-corrected chi connectivity index (χ2v) is 8.91. The zero-order chi connectivity index (χ0) is 23.1. The van der Waals surface area contributed by atoms with E-state index in [0.717, 1.165) is 73.5 Å². The summed E-state index contributed by atoms with van der Waals surface area (Å²) in [4.78, 5) is 36.1. The van der Waals surface area contributed by atoms with Gasteiger partial charge in [-0.25, -0.2) is 9.37 Å². The van der Waals surface area contributed by atoms with Gasteiger partial charge in [0, 0.05) is 50.7 Å². The van der Waals surface area contributed by atoms with Crippen molar-refractivity contribution in [1.29, 1.82) is 0 Å². The van der Waals surface area contributed by atoms with Crippen molar-refractivity contribution in [1.82, 2.24) is 20.2 Å². The van der Waals surface area contributed by atoms with E-state index in [9.17, 15) is 9.59 Å². The molecule has 5 rings (SSSR count). The third kappa shape index (κ3) is 3.99. The Morgan fingerprint density at radius 3 is 2.64 bits per heavy atom. The zero-order valence-corrected chi connectivity index (χ0v) is 19.0. The molecule has 0 bridgehead atoms. The Morgan fingerprint density at radius 1 is 1.15 bits per heavy atom. The van der Waals surface area contributed by atoms with Crippen LogP contribution in [0.1, 0.15) is 39.3 Å². The number of fused-ring (bicyclic) bond motifs is 3. The van der Waals surface area contributed by atoms with Crippen molar-refractivity contribution in [2.75, 3.05) is 38.1 Å². The number of pyridine rings is 2. The first-order valence-electron chi connectivity index (χ1n) is 11.5. The van der Waals surface area contributed by atoms with E-state index in [1.54, 1.807) is 19.2 Å². The lowest BCUT2D eigenvalue weighted by Crippen LogP contribution is -2.46. The lowest BCUT2D eigenvalue weighted by Gasteiger charge is -2.36. The van der Waals surface area contributed by atoms with Crippen molar-refractivity contribution in [2.45, 2.75) is 32.7 Å². The van der Waals surface area contributed by atoms with Crippen molar-refractivity contribution in [3.05, 3.63) is 68.5 Å². The molecule has 7 nitrogen and oxygen atoms in total. The molecule has 1 aromatic carbocycles. The number of anilines is 1. The number of H-pyrrole nitrogens is 1. The summed E-state index contributed by atoms with van der Waals surface area (Å²) in [5.41, 5.74) is 5.31. The molecule has 8 heteroatoms. The van der Waals surface area contributed by atoms with Gasteiger partial charge in [-0.2, -0.15) is 0 Å². The Kier molecular flexibility index (Phi) is 5.62. The van der Waals surface area contributed by atoms with Gasteiger partial charge in [-0.15, -0.1) is 0 Å². The SMILES string of the molecule is CNC(=O)c1ccc(N2CCN(Cc3cc(F)c4c5c(c(=O)[nH]c4c3)CCC5)CC2)c(C)n1. The minimum atomic E-state index is -0.242. The predicted molar refractivity (Wildman–Crippen MR) is 126 cm³/mol. The van der Waals surface area contributed by atoms with E-state index in [1.807, 2.05) is 19.1 Å². The maximum Gasteiger partial charge on any atom is 0.269 e. The topological polar surface area (TPSA) is 81.3 Å². The average molecular weight is 450 g/mol. The summed E-state index contributed by atoms with van der Waals surface area (Å²) in [5.74, 6) is -0.433. The predicted octanol–water partition coefficient (Wildman–Crippen LogP) is 2.54. The molecule has 3 heterocycles. The largest absolute Gasteiger partial charge is 0.368 e. The molecule has 1 amide bonds. The van der Waals surface area contributed by atoms with E-state index >= 15 is 4.39 Å². The highest BCUT2D eigenvalue weighted by Crippen LogP contribution is 2.29. The van der Waals surface area contributed by atoms with Gasteiger partial charge in [-0.3, -0.25) is 14.5 Å². The molecule has 0 saturated carbocycles. The Balaban J connectivity index is 1.29. The fraction of sp³-hybridized carbons (Fsp3) is 0.400. The number of aromatic amines is 1. The number of hydrogen-bond acceptors (Lipinski definition) is 5. The van der Waals surface area contributed by atoms with E-state index < -0.39 is 0 Å². The van der Waals surface area contributed by atoms with E-state index in [-0.39, 0.29) is 17.3 Å². The summed E-state index contributed by atoms with van der Waals surface area (Å²) < 4.78 is 15.0. The third-order valence-electron chi connectivity index (χ3n) is 6.83. The first kappa shape index (κ1) is 21.6. The van der Waals surface area contributed by atoms with Crippen LogP contribution in [0.2, 0.25) is 0 Å². The Morgan fingerprint density at radius 2 is 1.91 bits per heavy atom. The molecule has 2 N–H and O–H groups in total. The summed E-state index contributed by atoms with van der Waals surface area (Å²) in [6, 6.07) is 7.26. The number of rotatable bonds is 4. The highest BCUT2D eigenvalue weighted by molar-refractivity contribution is 5.92. The smallest absolute Gasteiger partial charge is 0.269 e. The monoisotopic (exact) mass is 449 g/mol. The number of carbonyl (C=O) groups is 1. The van der Waals surface area contributed by atoms with Gasteiger partial charge in [0.1, 0.15) is 11.5 Å². The molecular weight excluding hydrogens is 421 g/mol. The molecule has 1 saturated heterocycles. The van der Waals surface area contributed by atoms with Crippen LogP contribution in [0.25, 0.3) is 10.9 Å². The number of carbonyl (C=O) groups excluding carboxylic acids is 1. The molecule has 2 aromatic heterocycles. The molecular formula is C25H28FN5O2. The number of nitrogens with one attached hydrogen (secondary N) is 2. The summed E-state index contributed by atoms with van der Waals surface area (Å²) in [6.07, 6.45) is 2.41. The molecule has 0 unspecified atom stereocenters. The van der Waals surface area contributed by atoms with Gasteiger partial charge >= 0.3 is 0 Å². The number of benzene rings is 1. The number of aryl methyl sites for hydroxylation is 2. The van der Waals surface area contributed by atoms with Gasteiger partial charge < -0.3 is 15.2 Å². The van der Waals surface area contributed by atoms with E-state index in [0.29, 0.717) is 23.1 Å². The lowest BCUT2D eigenvalue weighted by molar-refractivity contribution is 0.0958. The summed E-state index contributed by atoms with van der Waals surface area (Å²) in [5, 5.41) is 3.18. The number of amides is 1. The van der Waals surface area contributed by atoms with Crippen LogP contribution in [0.3, 0.4) is 0 Å². The van der Waals surface area contributed by atoms with Gasteiger partial charge in [0.05, 0.1) is 16.9 Å². The molecule has 0 atom stereocenters. The number of nitrogens with zero attached hydrogens (tertiary/aromatic N) is 3. The summed E-state index contributed by atoms with van der Waals surface area (Å²) in [6.45, 7) is 5.86. The van der Waals surface area contributed by atoms with Crippen molar-refractivity contribution < 1.29 is 9.18 Å². The molecule has 0 radical (unpaired) electrons. The Labute approximate surface area is 191 Å². The maximum atomic E-state index is 15.0. The van der Waals surface area contributed by atoms with Crippen molar-refractivity contribution in [3.8, 4) is 0 Å². The quantitative estimate of drug-likeness (QED) is 0.640. The van der Waals surface area contributed by atoms with Gasteiger partial charge in [-0.05, 0) is 61.6 Å². The molecule has 1 fully saturated rings. The molecule has 1 aliphatic carbocycles. The fourth-order valence-electron chi connectivity index (χ4n) is 5.17. The molecule has 172 valence electrons. The minimum absolute atomic E-state index is 0.0772. The Hall–Kier alpha value is -3.26. The van der Waals surface area contributed by atoms with Crippen LogP contribution in [0.4, 0.5) is 10.1 Å². The molecule has 33 heavy (non-hydrogen) atoms. The second-order valence-electron chi connectivity index (χ2n) is 8.91. The maximum absolute atomic E-state index is 15.0. The standard InChI is InChI=1S/C25H28FN5O2/c1-15-22(7-6-20(28-15)25(33)27-2)31-10-8-30(9-11-31)14-16-12-19(26)23-17-4-3-5-18(17)24(32)29-21(23)13-16/h6-7,12-13H,3-5,8-11,14H2,1-2H3,(H,27,33)(H,29,32). The Bertz CT molecular complexity index is 1290. The number of aromatic nitrogens is 2. The van der Waals surface area contributed by atoms with Crippen LogP contribution < -0.4 is 15.8 Å². The van der Waals surface area contributed by atoms with Crippen molar-refractivity contribution in [2.24, 2.45) is 0 Å². The first-order chi connectivity index (χ1) is 15.9. The van der Waals surface area contributed by atoms with Crippen LogP contribution in [-0.4, -0.2) is 54.0 Å². The van der Waals surface area contributed by atoms with Crippen LogP contribution >= 0.6 is 0 Å². The van der Waals surface area contributed by atoms with E-state index in [2.05, 4.69) is 25.1 Å². The van der Waals surface area contributed by atoms with Crippen LogP contribution in [-0.2, 0) is 19.4 Å². The fourth-order valence-corrected chi connectivity index (χ4v) is 5.17. The van der Waals surface area contributed by atoms with E-state index in [1.165, 1.54) is 0 Å². The third-order valence-corrected chi connectivity index (χ3v) is 6.83. The van der Waals surface area contributed by atoms with E-state index in [4.69, 9.17) is 0 Å².